The highest BCUT2D eigenvalue weighted by Crippen LogP contribution is 2.36. The van der Waals surface area contributed by atoms with E-state index in [1.807, 2.05) is 18.2 Å². The van der Waals surface area contributed by atoms with Crippen LogP contribution in [-0.4, -0.2) is 46.1 Å². The van der Waals surface area contributed by atoms with Crippen molar-refractivity contribution in [2.45, 2.75) is 6.54 Å². The van der Waals surface area contributed by atoms with Crippen molar-refractivity contribution < 1.29 is 23.4 Å². The molecule has 0 spiro atoms. The van der Waals surface area contributed by atoms with E-state index in [-0.39, 0.29) is 0 Å². The summed E-state index contributed by atoms with van der Waals surface area (Å²) in [5, 5.41) is 0.820. The van der Waals surface area contributed by atoms with Crippen LogP contribution in [0, 0.1) is 0 Å². The Labute approximate surface area is 168 Å². The highest BCUT2D eigenvalue weighted by molar-refractivity contribution is 5.87. The topological polar surface area (TPSA) is 70.4 Å². The average Bonchev–Trinajstić information content (AvgIpc) is 2.76. The lowest BCUT2D eigenvalue weighted by molar-refractivity contribution is 0.0658. The maximum atomic E-state index is 12.9. The summed E-state index contributed by atoms with van der Waals surface area (Å²) in [5.74, 6) is 1.94. The van der Waals surface area contributed by atoms with Crippen molar-refractivity contribution in [2.75, 3.05) is 41.2 Å². The summed E-state index contributed by atoms with van der Waals surface area (Å²) in [6.07, 6.45) is 0. The molecular weight excluding hydrogens is 374 g/mol. The molecule has 0 N–H and O–H groups in total. The van der Waals surface area contributed by atoms with Crippen LogP contribution >= 0.6 is 0 Å². The minimum absolute atomic E-state index is 0.418. The van der Waals surface area contributed by atoms with Crippen LogP contribution in [0.2, 0.25) is 0 Å². The number of benzene rings is 2. The number of nitrogens with zero attached hydrogens (tertiary/aromatic N) is 1. The van der Waals surface area contributed by atoms with Gasteiger partial charge < -0.3 is 23.4 Å². The van der Waals surface area contributed by atoms with E-state index in [0.29, 0.717) is 48.1 Å². The smallest absolute Gasteiger partial charge is 0.344 e. The standard InChI is InChI=1S/C22H23NO6/c1-25-9-8-23-12-18-20(28-13-23)6-4-14-10-17(22(24)29-21(14)18)16-11-15(26-2)5-7-19(16)27-3/h4-7,10-11H,8-9,12-13H2,1-3H3. The Bertz CT molecular complexity index is 1090. The molecule has 4 rings (SSSR count). The quantitative estimate of drug-likeness (QED) is 0.591. The van der Waals surface area contributed by atoms with Crippen LogP contribution in [0.3, 0.4) is 0 Å². The van der Waals surface area contributed by atoms with Crippen molar-refractivity contribution in [3.8, 4) is 28.4 Å². The molecule has 0 bridgehead atoms. The van der Waals surface area contributed by atoms with Gasteiger partial charge in [-0.25, -0.2) is 4.79 Å². The number of hydrogen-bond acceptors (Lipinski definition) is 7. The van der Waals surface area contributed by atoms with Gasteiger partial charge in [0.2, 0.25) is 0 Å². The van der Waals surface area contributed by atoms with Crippen molar-refractivity contribution in [3.05, 3.63) is 52.4 Å². The molecule has 0 fully saturated rings. The molecule has 0 saturated carbocycles. The maximum Gasteiger partial charge on any atom is 0.344 e. The van der Waals surface area contributed by atoms with Gasteiger partial charge in [0, 0.05) is 31.1 Å². The zero-order valence-corrected chi connectivity index (χ0v) is 16.7. The normalized spacial score (nSPS) is 13.8. The van der Waals surface area contributed by atoms with E-state index in [1.54, 1.807) is 39.5 Å². The molecule has 7 nitrogen and oxygen atoms in total. The molecule has 29 heavy (non-hydrogen) atoms. The van der Waals surface area contributed by atoms with E-state index >= 15 is 0 Å². The fourth-order valence-corrected chi connectivity index (χ4v) is 3.52. The highest BCUT2D eigenvalue weighted by atomic mass is 16.5. The van der Waals surface area contributed by atoms with Gasteiger partial charge in [0.1, 0.15) is 29.6 Å². The molecule has 0 unspecified atom stereocenters. The van der Waals surface area contributed by atoms with Crippen LogP contribution in [0.4, 0.5) is 0 Å². The Morgan fingerprint density at radius 2 is 1.90 bits per heavy atom. The first-order valence-corrected chi connectivity index (χ1v) is 9.31. The molecule has 2 heterocycles. The second kappa shape index (κ2) is 8.14. The van der Waals surface area contributed by atoms with Crippen LogP contribution < -0.4 is 19.8 Å². The first kappa shape index (κ1) is 19.3. The van der Waals surface area contributed by atoms with E-state index in [4.69, 9.17) is 23.4 Å². The Hall–Kier alpha value is -3.03. The summed E-state index contributed by atoms with van der Waals surface area (Å²) in [7, 11) is 4.81. The third-order valence-corrected chi connectivity index (χ3v) is 5.06. The predicted molar refractivity (Wildman–Crippen MR) is 109 cm³/mol. The molecule has 152 valence electrons. The Kier molecular flexibility index (Phi) is 5.42. The van der Waals surface area contributed by atoms with Gasteiger partial charge in [-0.1, -0.05) is 0 Å². The van der Waals surface area contributed by atoms with Gasteiger partial charge in [-0.2, -0.15) is 0 Å². The zero-order chi connectivity index (χ0) is 20.4. The lowest BCUT2D eigenvalue weighted by Gasteiger charge is -2.29. The van der Waals surface area contributed by atoms with Crippen molar-refractivity contribution in [1.82, 2.24) is 4.90 Å². The average molecular weight is 397 g/mol. The third-order valence-electron chi connectivity index (χ3n) is 5.06. The summed E-state index contributed by atoms with van der Waals surface area (Å²) in [4.78, 5) is 15.0. The lowest BCUT2D eigenvalue weighted by Crippen LogP contribution is -2.34. The molecule has 1 aliphatic rings. The molecular formula is C22H23NO6. The van der Waals surface area contributed by atoms with Crippen LogP contribution in [0.5, 0.6) is 17.2 Å². The van der Waals surface area contributed by atoms with Gasteiger partial charge >= 0.3 is 5.63 Å². The van der Waals surface area contributed by atoms with E-state index in [0.717, 1.165) is 23.2 Å². The molecule has 0 saturated heterocycles. The van der Waals surface area contributed by atoms with Gasteiger partial charge in [-0.05, 0) is 36.4 Å². The molecule has 1 aromatic heterocycles. The van der Waals surface area contributed by atoms with Gasteiger partial charge in [0.25, 0.3) is 0 Å². The second-order valence-electron chi connectivity index (χ2n) is 6.79. The van der Waals surface area contributed by atoms with Crippen molar-refractivity contribution in [3.63, 3.8) is 0 Å². The number of hydrogen-bond donors (Lipinski definition) is 0. The van der Waals surface area contributed by atoms with E-state index < -0.39 is 5.63 Å². The Morgan fingerprint density at radius 1 is 1.03 bits per heavy atom. The number of ether oxygens (including phenoxy) is 4. The maximum absolute atomic E-state index is 12.9. The van der Waals surface area contributed by atoms with E-state index in [1.165, 1.54) is 0 Å². The van der Waals surface area contributed by atoms with E-state index in [9.17, 15) is 4.79 Å². The minimum atomic E-state index is -0.438. The molecule has 0 radical (unpaired) electrons. The van der Waals surface area contributed by atoms with Crippen LogP contribution in [-0.2, 0) is 11.3 Å². The van der Waals surface area contributed by atoms with Gasteiger partial charge in [-0.15, -0.1) is 0 Å². The Morgan fingerprint density at radius 3 is 2.66 bits per heavy atom. The molecule has 0 amide bonds. The number of fused-ring (bicyclic) bond motifs is 3. The second-order valence-corrected chi connectivity index (χ2v) is 6.79. The first-order valence-electron chi connectivity index (χ1n) is 9.31. The summed E-state index contributed by atoms with van der Waals surface area (Å²) >= 11 is 0. The fraction of sp³-hybridized carbons (Fsp3) is 0.318. The minimum Gasteiger partial charge on any atom is -0.497 e. The van der Waals surface area contributed by atoms with Crippen LogP contribution in [0.25, 0.3) is 22.1 Å². The summed E-state index contributed by atoms with van der Waals surface area (Å²) in [6.45, 7) is 2.44. The predicted octanol–water partition coefficient (Wildman–Crippen LogP) is 3.28. The highest BCUT2D eigenvalue weighted by Gasteiger charge is 2.22. The fourth-order valence-electron chi connectivity index (χ4n) is 3.52. The van der Waals surface area contributed by atoms with Crippen LogP contribution in [0.15, 0.2) is 45.6 Å². The Balaban J connectivity index is 1.81. The van der Waals surface area contributed by atoms with Crippen LogP contribution in [0.1, 0.15) is 5.56 Å². The SMILES string of the molecule is COCCN1COc2ccc3cc(-c4cc(OC)ccc4OC)c(=O)oc3c2C1. The lowest BCUT2D eigenvalue weighted by atomic mass is 10.0. The van der Waals surface area contributed by atoms with Gasteiger partial charge in [0.15, 0.2) is 0 Å². The molecule has 2 aromatic carbocycles. The first-order chi connectivity index (χ1) is 14.1. The number of rotatable bonds is 6. The largest absolute Gasteiger partial charge is 0.497 e. The third kappa shape index (κ3) is 3.66. The van der Waals surface area contributed by atoms with Gasteiger partial charge in [0.05, 0.1) is 32.0 Å². The molecule has 0 atom stereocenters. The molecule has 1 aliphatic heterocycles. The molecule has 7 heteroatoms. The summed E-state index contributed by atoms with van der Waals surface area (Å²) in [5.41, 5.74) is 2.01. The monoisotopic (exact) mass is 397 g/mol. The van der Waals surface area contributed by atoms with Crippen molar-refractivity contribution in [2.24, 2.45) is 0 Å². The van der Waals surface area contributed by atoms with Crippen molar-refractivity contribution in [1.29, 1.82) is 0 Å². The van der Waals surface area contributed by atoms with Crippen molar-refractivity contribution >= 4 is 11.0 Å². The summed E-state index contributed by atoms with van der Waals surface area (Å²) < 4.78 is 27.5. The number of methoxy groups -OCH3 is 3. The molecule has 3 aromatic rings. The van der Waals surface area contributed by atoms with Gasteiger partial charge in [-0.3, -0.25) is 4.90 Å². The zero-order valence-electron chi connectivity index (χ0n) is 16.7. The van der Waals surface area contributed by atoms with E-state index in [2.05, 4.69) is 4.90 Å². The summed E-state index contributed by atoms with van der Waals surface area (Å²) in [6, 6.07) is 11.0. The molecule has 0 aliphatic carbocycles.